The van der Waals surface area contributed by atoms with Gasteiger partial charge in [-0.3, -0.25) is 14.8 Å². The Morgan fingerprint density at radius 3 is 2.68 bits per heavy atom. The number of amides is 1. The summed E-state index contributed by atoms with van der Waals surface area (Å²) in [4.78, 5) is 17.7. The number of hydrogen-bond donors (Lipinski definition) is 2. The van der Waals surface area contributed by atoms with Gasteiger partial charge in [-0.2, -0.15) is 5.10 Å². The third kappa shape index (κ3) is 4.41. The van der Waals surface area contributed by atoms with E-state index in [1.807, 2.05) is 12.1 Å². The molecule has 28 heavy (non-hydrogen) atoms. The minimum absolute atomic E-state index is 0.207. The molecule has 0 spiro atoms. The van der Waals surface area contributed by atoms with Gasteiger partial charge in [0.15, 0.2) is 5.69 Å². The van der Waals surface area contributed by atoms with E-state index in [4.69, 9.17) is 0 Å². The largest absolute Gasteiger partial charge is 0.369 e. The van der Waals surface area contributed by atoms with Crippen molar-refractivity contribution in [3.63, 3.8) is 0 Å². The number of aromatic nitrogens is 2. The van der Waals surface area contributed by atoms with Gasteiger partial charge >= 0.3 is 0 Å². The van der Waals surface area contributed by atoms with E-state index in [0.29, 0.717) is 5.69 Å². The van der Waals surface area contributed by atoms with Crippen molar-refractivity contribution in [3.8, 4) is 0 Å². The van der Waals surface area contributed by atoms with Gasteiger partial charge in [-0.15, -0.1) is 0 Å². The van der Waals surface area contributed by atoms with Crippen molar-refractivity contribution in [2.45, 2.75) is 32.6 Å². The molecule has 150 valence electrons. The molecule has 2 aliphatic rings. The number of benzene rings is 1. The molecule has 7 heteroatoms. The molecular formula is C21H28BrN5O. The fourth-order valence-corrected chi connectivity index (χ4v) is 4.51. The monoisotopic (exact) mass is 445 g/mol. The molecular weight excluding hydrogens is 418 g/mol. The molecule has 2 aromatic rings. The average molecular weight is 446 g/mol. The molecule has 4 rings (SSSR count). The second kappa shape index (κ2) is 8.25. The van der Waals surface area contributed by atoms with E-state index in [0.717, 1.165) is 53.6 Å². The van der Waals surface area contributed by atoms with Crippen LogP contribution in [0.25, 0.3) is 0 Å². The molecule has 1 aliphatic carbocycles. The molecule has 0 bridgehead atoms. The van der Waals surface area contributed by atoms with Gasteiger partial charge in [0.1, 0.15) is 0 Å². The van der Waals surface area contributed by atoms with Crippen molar-refractivity contribution in [2.24, 2.45) is 5.92 Å². The van der Waals surface area contributed by atoms with Gasteiger partial charge < -0.3 is 10.2 Å². The van der Waals surface area contributed by atoms with Gasteiger partial charge in [0, 0.05) is 44.1 Å². The van der Waals surface area contributed by atoms with Gasteiger partial charge in [0.05, 0.1) is 10.2 Å². The fraction of sp³-hybridized carbons (Fsp3) is 0.524. The van der Waals surface area contributed by atoms with Crippen molar-refractivity contribution in [1.29, 1.82) is 0 Å². The Balaban J connectivity index is 1.39. The Morgan fingerprint density at radius 2 is 2.04 bits per heavy atom. The molecule has 1 saturated carbocycles. The van der Waals surface area contributed by atoms with Crippen LogP contribution in [0.1, 0.15) is 48.8 Å². The standard InChI is InChI=1S/C21H28BrN5O/c1-14(2)19-18(22)20(25-24-19)21(28)23-16-4-3-5-17(12-16)27-10-8-26(9-11-27)13-15-6-7-15/h3-5,12,14-15H,6-11,13H2,1-2H3,(H,23,28)(H,24,25). The Hall–Kier alpha value is -1.86. The highest BCUT2D eigenvalue weighted by atomic mass is 79.9. The Morgan fingerprint density at radius 1 is 1.29 bits per heavy atom. The molecule has 1 aromatic carbocycles. The lowest BCUT2D eigenvalue weighted by Crippen LogP contribution is -2.47. The zero-order valence-electron chi connectivity index (χ0n) is 16.5. The summed E-state index contributed by atoms with van der Waals surface area (Å²) in [5.41, 5.74) is 3.28. The first-order valence-corrected chi connectivity index (χ1v) is 10.9. The summed E-state index contributed by atoms with van der Waals surface area (Å²) in [5, 5.41) is 10.1. The van der Waals surface area contributed by atoms with Gasteiger partial charge in [-0.05, 0) is 58.8 Å². The topological polar surface area (TPSA) is 64.3 Å². The molecule has 0 unspecified atom stereocenters. The third-order valence-electron chi connectivity index (χ3n) is 5.58. The molecule has 2 fully saturated rings. The van der Waals surface area contributed by atoms with Crippen molar-refractivity contribution >= 4 is 33.2 Å². The number of carbonyl (C=O) groups is 1. The first-order chi connectivity index (χ1) is 13.5. The lowest BCUT2D eigenvalue weighted by molar-refractivity contribution is 0.102. The second-order valence-corrected chi connectivity index (χ2v) is 8.98. The van der Waals surface area contributed by atoms with Crippen LogP contribution in [0.5, 0.6) is 0 Å². The van der Waals surface area contributed by atoms with E-state index in [9.17, 15) is 4.79 Å². The highest BCUT2D eigenvalue weighted by molar-refractivity contribution is 9.10. The smallest absolute Gasteiger partial charge is 0.277 e. The lowest BCUT2D eigenvalue weighted by atomic mass is 10.1. The minimum Gasteiger partial charge on any atom is -0.369 e. The summed E-state index contributed by atoms with van der Waals surface area (Å²) in [6.45, 7) is 9.69. The number of rotatable bonds is 6. The van der Waals surface area contributed by atoms with Gasteiger partial charge in [0.2, 0.25) is 0 Å². The highest BCUT2D eigenvalue weighted by Gasteiger charge is 2.26. The van der Waals surface area contributed by atoms with Gasteiger partial charge in [-0.1, -0.05) is 19.9 Å². The van der Waals surface area contributed by atoms with E-state index >= 15 is 0 Å². The van der Waals surface area contributed by atoms with Crippen molar-refractivity contribution < 1.29 is 4.79 Å². The van der Waals surface area contributed by atoms with E-state index in [1.165, 1.54) is 19.4 Å². The molecule has 2 heterocycles. The maximum absolute atomic E-state index is 12.7. The summed E-state index contributed by atoms with van der Waals surface area (Å²) in [6, 6.07) is 8.10. The number of aromatic amines is 1. The molecule has 1 aliphatic heterocycles. The first-order valence-electron chi connectivity index (χ1n) is 10.1. The van der Waals surface area contributed by atoms with Crippen molar-refractivity contribution in [1.82, 2.24) is 15.1 Å². The number of H-pyrrole nitrogens is 1. The average Bonchev–Trinajstić information content (AvgIpc) is 3.40. The van der Waals surface area contributed by atoms with E-state index in [2.05, 4.69) is 67.2 Å². The second-order valence-electron chi connectivity index (χ2n) is 8.19. The van der Waals surface area contributed by atoms with Crippen molar-refractivity contribution in [3.05, 3.63) is 40.1 Å². The van der Waals surface area contributed by atoms with E-state index in [-0.39, 0.29) is 11.8 Å². The zero-order chi connectivity index (χ0) is 19.7. The zero-order valence-corrected chi connectivity index (χ0v) is 18.1. The maximum atomic E-state index is 12.7. The first kappa shape index (κ1) is 19.5. The maximum Gasteiger partial charge on any atom is 0.277 e. The predicted molar refractivity (Wildman–Crippen MR) is 116 cm³/mol. The summed E-state index contributed by atoms with van der Waals surface area (Å²) < 4.78 is 0.739. The molecule has 1 saturated heterocycles. The van der Waals surface area contributed by atoms with Crippen LogP contribution in [0.15, 0.2) is 28.7 Å². The number of hydrogen-bond acceptors (Lipinski definition) is 4. The minimum atomic E-state index is -0.207. The van der Waals surface area contributed by atoms with Crippen LogP contribution in [-0.4, -0.2) is 53.7 Å². The molecule has 6 nitrogen and oxygen atoms in total. The number of halogens is 1. The van der Waals surface area contributed by atoms with Gasteiger partial charge in [0.25, 0.3) is 5.91 Å². The van der Waals surface area contributed by atoms with Crippen LogP contribution in [0.3, 0.4) is 0 Å². The van der Waals surface area contributed by atoms with E-state index in [1.54, 1.807) is 0 Å². The van der Waals surface area contributed by atoms with Crippen molar-refractivity contribution in [2.75, 3.05) is 42.9 Å². The summed E-state index contributed by atoms with van der Waals surface area (Å²) in [5.74, 6) is 1.01. The molecule has 0 radical (unpaired) electrons. The normalized spacial score (nSPS) is 17.9. The molecule has 1 aromatic heterocycles. The van der Waals surface area contributed by atoms with Crippen LogP contribution in [0.2, 0.25) is 0 Å². The summed E-state index contributed by atoms with van der Waals surface area (Å²) in [7, 11) is 0. The van der Waals surface area contributed by atoms with Crippen LogP contribution < -0.4 is 10.2 Å². The molecule has 1 amide bonds. The Labute approximate surface area is 174 Å². The van der Waals surface area contributed by atoms with Gasteiger partial charge in [-0.25, -0.2) is 0 Å². The number of carbonyl (C=O) groups excluding carboxylic acids is 1. The number of piperazine rings is 1. The number of nitrogens with one attached hydrogen (secondary N) is 2. The number of nitrogens with zero attached hydrogens (tertiary/aromatic N) is 3. The Kier molecular flexibility index (Phi) is 5.73. The summed E-state index contributed by atoms with van der Waals surface area (Å²) >= 11 is 3.50. The Bertz CT molecular complexity index is 837. The summed E-state index contributed by atoms with van der Waals surface area (Å²) in [6.07, 6.45) is 2.82. The molecule has 2 N–H and O–H groups in total. The van der Waals surface area contributed by atoms with Crippen LogP contribution in [0, 0.1) is 5.92 Å². The lowest BCUT2D eigenvalue weighted by Gasteiger charge is -2.36. The SMILES string of the molecule is CC(C)c1[nH]nc(C(=O)Nc2cccc(N3CCN(CC4CC4)CC3)c2)c1Br. The quantitative estimate of drug-likeness (QED) is 0.702. The molecule has 0 atom stereocenters. The number of anilines is 2. The fourth-order valence-electron chi connectivity index (χ4n) is 3.70. The highest BCUT2D eigenvalue weighted by Crippen LogP contribution is 2.30. The van der Waals surface area contributed by atoms with E-state index < -0.39 is 0 Å². The van der Waals surface area contributed by atoms with Crippen LogP contribution >= 0.6 is 15.9 Å². The predicted octanol–water partition coefficient (Wildman–Crippen LogP) is 4.08. The third-order valence-corrected chi connectivity index (χ3v) is 6.38. The van der Waals surface area contributed by atoms with Crippen LogP contribution in [-0.2, 0) is 0 Å². The van der Waals surface area contributed by atoms with Crippen LogP contribution in [0.4, 0.5) is 11.4 Å².